The van der Waals surface area contributed by atoms with E-state index in [4.69, 9.17) is 9.47 Å². The molecule has 0 spiro atoms. The lowest BCUT2D eigenvalue weighted by atomic mass is 9.98. The Hall–Kier alpha value is -3.60. The molecule has 0 radical (unpaired) electrons. The van der Waals surface area contributed by atoms with E-state index in [1.54, 1.807) is 6.07 Å². The molecule has 1 aliphatic carbocycles. The van der Waals surface area contributed by atoms with Crippen molar-refractivity contribution in [2.75, 3.05) is 19.8 Å². The number of carbonyl (C=O) groups excluding carboxylic acids is 1. The van der Waals surface area contributed by atoms with Gasteiger partial charge in [0.25, 0.3) is 0 Å². The van der Waals surface area contributed by atoms with Crippen LogP contribution in [0.15, 0.2) is 72.8 Å². The van der Waals surface area contributed by atoms with E-state index >= 15 is 0 Å². The standard InChI is InChI=1S/C27H26FNO3/c1-2-31-21-16-19(15-20(28)17-21)9-7-8-14-29-27(30)32-18-26-24-12-5-3-10-22(24)23-11-4-6-13-25(23)26/h3-7,9-13,15-17,26H,2,8,14,18H2,1H3,(H,29,30). The van der Waals surface area contributed by atoms with Crippen LogP contribution < -0.4 is 10.1 Å². The van der Waals surface area contributed by atoms with Crippen LogP contribution in [-0.2, 0) is 4.74 Å². The fraction of sp³-hybridized carbons (Fsp3) is 0.222. The van der Waals surface area contributed by atoms with Crippen molar-refractivity contribution >= 4 is 12.2 Å². The molecule has 1 N–H and O–H groups in total. The Labute approximate surface area is 187 Å². The molecule has 0 bridgehead atoms. The molecule has 0 saturated heterocycles. The van der Waals surface area contributed by atoms with Gasteiger partial charge in [0.15, 0.2) is 0 Å². The quantitative estimate of drug-likeness (QED) is 0.434. The average Bonchev–Trinajstić information content (AvgIpc) is 3.11. The Morgan fingerprint density at radius 2 is 1.72 bits per heavy atom. The summed E-state index contributed by atoms with van der Waals surface area (Å²) < 4.78 is 24.5. The minimum atomic E-state index is -0.440. The summed E-state index contributed by atoms with van der Waals surface area (Å²) in [7, 11) is 0. The first-order valence-corrected chi connectivity index (χ1v) is 10.8. The van der Waals surface area contributed by atoms with Gasteiger partial charge in [-0.3, -0.25) is 0 Å². The van der Waals surface area contributed by atoms with Gasteiger partial charge in [-0.2, -0.15) is 0 Å². The van der Waals surface area contributed by atoms with Gasteiger partial charge in [0.2, 0.25) is 0 Å². The SMILES string of the molecule is CCOc1cc(F)cc(C=CCCNC(=O)OCC2c3ccccc3-c3ccccc32)c1. The maximum absolute atomic E-state index is 13.6. The number of alkyl carbamates (subject to hydrolysis) is 1. The zero-order valence-electron chi connectivity index (χ0n) is 18.0. The summed E-state index contributed by atoms with van der Waals surface area (Å²) in [6.45, 7) is 3.06. The van der Waals surface area contributed by atoms with Gasteiger partial charge in [0.05, 0.1) is 6.61 Å². The highest BCUT2D eigenvalue weighted by atomic mass is 19.1. The van der Waals surface area contributed by atoms with Gasteiger partial charge in [-0.15, -0.1) is 0 Å². The highest BCUT2D eigenvalue weighted by Crippen LogP contribution is 2.44. The van der Waals surface area contributed by atoms with Crippen LogP contribution in [0.2, 0.25) is 0 Å². The fourth-order valence-corrected chi connectivity index (χ4v) is 4.06. The molecular formula is C27H26FNO3. The van der Waals surface area contributed by atoms with E-state index in [-0.39, 0.29) is 11.7 Å². The molecule has 4 rings (SSSR count). The van der Waals surface area contributed by atoms with E-state index in [0.717, 1.165) is 5.56 Å². The molecule has 164 valence electrons. The number of fused-ring (bicyclic) bond motifs is 3. The van der Waals surface area contributed by atoms with Crippen molar-refractivity contribution in [3.05, 3.63) is 95.3 Å². The molecule has 5 heteroatoms. The molecule has 0 aliphatic heterocycles. The van der Waals surface area contributed by atoms with E-state index in [9.17, 15) is 9.18 Å². The second-order valence-corrected chi connectivity index (χ2v) is 7.60. The first-order chi connectivity index (χ1) is 15.7. The minimum Gasteiger partial charge on any atom is -0.494 e. The topological polar surface area (TPSA) is 47.6 Å². The molecule has 1 amide bonds. The molecule has 0 atom stereocenters. The highest BCUT2D eigenvalue weighted by Gasteiger charge is 2.28. The molecule has 3 aromatic rings. The molecule has 0 fully saturated rings. The third-order valence-electron chi connectivity index (χ3n) is 5.44. The number of hydrogen-bond acceptors (Lipinski definition) is 3. The Kier molecular flexibility index (Phi) is 6.85. The Morgan fingerprint density at radius 1 is 1.03 bits per heavy atom. The molecule has 0 aromatic heterocycles. The summed E-state index contributed by atoms with van der Waals surface area (Å²) in [5, 5.41) is 2.77. The van der Waals surface area contributed by atoms with Crippen molar-refractivity contribution in [3.8, 4) is 16.9 Å². The van der Waals surface area contributed by atoms with Crippen LogP contribution in [0.5, 0.6) is 5.75 Å². The van der Waals surface area contributed by atoms with Crippen LogP contribution in [0.4, 0.5) is 9.18 Å². The first-order valence-electron chi connectivity index (χ1n) is 10.8. The van der Waals surface area contributed by atoms with E-state index < -0.39 is 6.09 Å². The fourth-order valence-electron chi connectivity index (χ4n) is 4.06. The smallest absolute Gasteiger partial charge is 0.407 e. The van der Waals surface area contributed by atoms with Gasteiger partial charge < -0.3 is 14.8 Å². The number of rotatable bonds is 8. The normalized spacial score (nSPS) is 12.4. The number of benzene rings is 3. The maximum atomic E-state index is 13.6. The zero-order chi connectivity index (χ0) is 22.3. The molecule has 1 aliphatic rings. The average molecular weight is 432 g/mol. The number of hydrogen-bond donors (Lipinski definition) is 1. The zero-order valence-corrected chi connectivity index (χ0v) is 18.0. The number of carbonyl (C=O) groups is 1. The minimum absolute atomic E-state index is 0.0422. The van der Waals surface area contributed by atoms with Crippen molar-refractivity contribution in [1.82, 2.24) is 5.32 Å². The van der Waals surface area contributed by atoms with Crippen LogP contribution in [0, 0.1) is 5.82 Å². The lowest BCUT2D eigenvalue weighted by Crippen LogP contribution is -2.26. The summed E-state index contributed by atoms with van der Waals surface area (Å²) in [6, 6.07) is 21.1. The van der Waals surface area contributed by atoms with Crippen LogP contribution in [0.25, 0.3) is 17.2 Å². The summed E-state index contributed by atoms with van der Waals surface area (Å²) >= 11 is 0. The van der Waals surface area contributed by atoms with Gasteiger partial charge in [0, 0.05) is 18.5 Å². The summed E-state index contributed by atoms with van der Waals surface area (Å²) in [6.07, 6.45) is 3.86. The van der Waals surface area contributed by atoms with E-state index in [2.05, 4.69) is 29.6 Å². The number of ether oxygens (including phenoxy) is 2. The first kappa shape index (κ1) is 21.6. The van der Waals surface area contributed by atoms with Gasteiger partial charge in [0.1, 0.15) is 18.2 Å². The van der Waals surface area contributed by atoms with Crippen LogP contribution in [0.1, 0.15) is 36.0 Å². The third-order valence-corrected chi connectivity index (χ3v) is 5.44. The van der Waals surface area contributed by atoms with E-state index in [0.29, 0.717) is 31.9 Å². The van der Waals surface area contributed by atoms with Gasteiger partial charge >= 0.3 is 6.09 Å². The van der Waals surface area contributed by atoms with Crippen molar-refractivity contribution in [3.63, 3.8) is 0 Å². The summed E-state index contributed by atoms with van der Waals surface area (Å²) in [5.74, 6) is 0.205. The summed E-state index contributed by atoms with van der Waals surface area (Å²) in [5.41, 5.74) is 5.49. The lowest BCUT2D eigenvalue weighted by Gasteiger charge is -2.14. The van der Waals surface area contributed by atoms with Crippen LogP contribution in [-0.4, -0.2) is 25.9 Å². The van der Waals surface area contributed by atoms with E-state index in [1.807, 2.05) is 43.3 Å². The molecule has 0 heterocycles. The lowest BCUT2D eigenvalue weighted by molar-refractivity contribution is 0.143. The van der Waals surface area contributed by atoms with E-state index in [1.165, 1.54) is 34.4 Å². The molecule has 3 aromatic carbocycles. The summed E-state index contributed by atoms with van der Waals surface area (Å²) in [4.78, 5) is 12.2. The van der Waals surface area contributed by atoms with Crippen LogP contribution >= 0.6 is 0 Å². The Bertz CT molecular complexity index is 1080. The van der Waals surface area contributed by atoms with Crippen molar-refractivity contribution in [2.45, 2.75) is 19.3 Å². The van der Waals surface area contributed by atoms with Gasteiger partial charge in [-0.05, 0) is 53.3 Å². The van der Waals surface area contributed by atoms with Crippen molar-refractivity contribution in [1.29, 1.82) is 0 Å². The number of amides is 1. The third kappa shape index (κ3) is 4.99. The Morgan fingerprint density at radius 3 is 2.41 bits per heavy atom. The van der Waals surface area contributed by atoms with Crippen LogP contribution in [0.3, 0.4) is 0 Å². The predicted molar refractivity (Wildman–Crippen MR) is 124 cm³/mol. The number of halogens is 1. The Balaban J connectivity index is 1.26. The largest absolute Gasteiger partial charge is 0.494 e. The molecular weight excluding hydrogens is 405 g/mol. The van der Waals surface area contributed by atoms with Crippen molar-refractivity contribution < 1.29 is 18.7 Å². The molecule has 0 saturated carbocycles. The van der Waals surface area contributed by atoms with Gasteiger partial charge in [-0.25, -0.2) is 9.18 Å². The second kappa shape index (κ2) is 10.1. The molecule has 4 nitrogen and oxygen atoms in total. The highest BCUT2D eigenvalue weighted by molar-refractivity contribution is 5.79. The van der Waals surface area contributed by atoms with Crippen molar-refractivity contribution in [2.24, 2.45) is 0 Å². The van der Waals surface area contributed by atoms with Gasteiger partial charge in [-0.1, -0.05) is 60.7 Å². The predicted octanol–water partition coefficient (Wildman–Crippen LogP) is 6.17. The maximum Gasteiger partial charge on any atom is 0.407 e. The second-order valence-electron chi connectivity index (χ2n) is 7.60. The molecule has 0 unspecified atom stereocenters. The molecule has 32 heavy (non-hydrogen) atoms. The monoisotopic (exact) mass is 431 g/mol. The number of nitrogens with one attached hydrogen (secondary N) is 1.